The van der Waals surface area contributed by atoms with Gasteiger partial charge in [0.25, 0.3) is 0 Å². The molecule has 0 spiro atoms. The number of ether oxygens (including phenoxy) is 2. The number of Topliss-reactive ketones (excluding diaryl/α,β-unsaturated/α-hetero) is 1. The van der Waals surface area contributed by atoms with E-state index in [1.165, 1.54) is 6.07 Å². The summed E-state index contributed by atoms with van der Waals surface area (Å²) in [5.74, 6) is 0.509. The molecule has 1 aliphatic rings. The van der Waals surface area contributed by atoms with Crippen molar-refractivity contribution in [3.63, 3.8) is 0 Å². The van der Waals surface area contributed by atoms with Crippen LogP contribution in [-0.4, -0.2) is 33.0 Å². The Bertz CT molecular complexity index is 1410. The average Bonchev–Trinajstić information content (AvgIpc) is 3.63. The Balaban J connectivity index is 1.66. The van der Waals surface area contributed by atoms with E-state index in [9.17, 15) is 18.0 Å². The van der Waals surface area contributed by atoms with Gasteiger partial charge < -0.3 is 9.47 Å². The third-order valence-electron chi connectivity index (χ3n) is 5.76. The number of para-hydroxylation sites is 1. The number of nitrogens with one attached hydrogen (secondary N) is 1. The van der Waals surface area contributed by atoms with Gasteiger partial charge in [-0.05, 0) is 56.0 Å². The molecule has 0 radical (unpaired) electrons. The van der Waals surface area contributed by atoms with Gasteiger partial charge in [-0.15, -0.1) is 0 Å². The molecular formula is C27H28N2O6S. The number of hydrogen-bond donors (Lipinski definition) is 2. The van der Waals surface area contributed by atoms with Crippen molar-refractivity contribution in [2.45, 2.75) is 44.1 Å². The van der Waals surface area contributed by atoms with Gasteiger partial charge in [0, 0.05) is 23.1 Å². The molecule has 0 bridgehead atoms. The van der Waals surface area contributed by atoms with Gasteiger partial charge in [-0.3, -0.25) is 10.1 Å². The number of carbonyl (C=O) groups excluding carboxylic acids is 2. The van der Waals surface area contributed by atoms with Crippen molar-refractivity contribution in [1.82, 2.24) is 0 Å². The lowest BCUT2D eigenvalue weighted by Gasteiger charge is -2.16. The fourth-order valence-electron chi connectivity index (χ4n) is 3.92. The summed E-state index contributed by atoms with van der Waals surface area (Å²) < 4.78 is 34.5. The fourth-order valence-corrected chi connectivity index (χ4v) is 4.68. The molecule has 1 aliphatic carbocycles. The van der Waals surface area contributed by atoms with Crippen LogP contribution < -0.4 is 15.2 Å². The van der Waals surface area contributed by atoms with Crippen molar-refractivity contribution in [3.05, 3.63) is 77.4 Å². The summed E-state index contributed by atoms with van der Waals surface area (Å²) in [4.78, 5) is 25.4. The molecule has 0 atom stereocenters. The quantitative estimate of drug-likeness (QED) is 0.398. The van der Waals surface area contributed by atoms with Crippen LogP contribution in [0.3, 0.4) is 0 Å². The first-order valence-corrected chi connectivity index (χ1v) is 13.2. The van der Waals surface area contributed by atoms with Crippen LogP contribution in [0.5, 0.6) is 5.75 Å². The van der Waals surface area contributed by atoms with Gasteiger partial charge in [0.05, 0.1) is 23.3 Å². The molecule has 0 saturated heterocycles. The number of ketones is 1. The van der Waals surface area contributed by atoms with Crippen molar-refractivity contribution in [2.24, 2.45) is 5.14 Å². The largest absolute Gasteiger partial charge is 0.490 e. The van der Waals surface area contributed by atoms with Gasteiger partial charge in [0.1, 0.15) is 5.75 Å². The number of nitrogens with two attached hydrogens (primary N) is 1. The number of hydrogen-bond acceptors (Lipinski definition) is 6. The molecule has 0 aromatic heterocycles. The zero-order valence-electron chi connectivity index (χ0n) is 20.1. The maximum Gasteiger partial charge on any atom is 0.411 e. The summed E-state index contributed by atoms with van der Waals surface area (Å²) in [5.41, 5.74) is 3.42. The molecule has 0 aliphatic heterocycles. The molecule has 36 heavy (non-hydrogen) atoms. The summed E-state index contributed by atoms with van der Waals surface area (Å²) in [6.07, 6.45) is 1.63. The summed E-state index contributed by atoms with van der Waals surface area (Å²) >= 11 is 0. The Morgan fingerprint density at radius 1 is 1.03 bits per heavy atom. The van der Waals surface area contributed by atoms with Gasteiger partial charge >= 0.3 is 6.09 Å². The van der Waals surface area contributed by atoms with E-state index in [0.29, 0.717) is 33.7 Å². The average molecular weight is 509 g/mol. The second kappa shape index (κ2) is 10.5. The van der Waals surface area contributed by atoms with E-state index in [-0.39, 0.29) is 29.8 Å². The van der Waals surface area contributed by atoms with E-state index in [1.54, 1.807) is 44.2 Å². The molecule has 0 unspecified atom stereocenters. The van der Waals surface area contributed by atoms with Crippen molar-refractivity contribution < 1.29 is 27.5 Å². The third-order valence-corrected chi connectivity index (χ3v) is 6.83. The second-order valence-electron chi connectivity index (χ2n) is 8.66. The highest BCUT2D eigenvalue weighted by Gasteiger charge is 2.25. The zero-order valence-corrected chi connectivity index (χ0v) is 20.9. The summed E-state index contributed by atoms with van der Waals surface area (Å²) in [6.45, 7) is 3.54. The summed E-state index contributed by atoms with van der Waals surface area (Å²) in [6, 6.07) is 17.3. The van der Waals surface area contributed by atoms with E-state index in [1.807, 2.05) is 24.3 Å². The Labute approximate surface area is 210 Å². The minimum atomic E-state index is -3.84. The first-order chi connectivity index (χ1) is 17.2. The lowest BCUT2D eigenvalue weighted by molar-refractivity contribution is 0.0993. The van der Waals surface area contributed by atoms with Gasteiger partial charge in [-0.25, -0.2) is 18.4 Å². The smallest absolute Gasteiger partial charge is 0.411 e. The normalized spacial score (nSPS) is 13.2. The molecule has 0 heterocycles. The Kier molecular flexibility index (Phi) is 7.42. The van der Waals surface area contributed by atoms with Crippen LogP contribution in [0.25, 0.3) is 11.1 Å². The predicted molar refractivity (Wildman–Crippen MR) is 137 cm³/mol. The zero-order chi connectivity index (χ0) is 25.9. The van der Waals surface area contributed by atoms with Crippen molar-refractivity contribution in [2.75, 3.05) is 11.9 Å². The van der Waals surface area contributed by atoms with Crippen LogP contribution in [0.1, 0.15) is 41.3 Å². The highest BCUT2D eigenvalue weighted by Crippen LogP contribution is 2.38. The molecule has 1 fully saturated rings. The Hall–Kier alpha value is -3.69. The van der Waals surface area contributed by atoms with Crippen molar-refractivity contribution in [3.8, 4) is 16.9 Å². The topological polar surface area (TPSA) is 125 Å². The van der Waals surface area contributed by atoms with Gasteiger partial charge in [0.15, 0.2) is 5.78 Å². The second-order valence-corrected chi connectivity index (χ2v) is 10.2. The van der Waals surface area contributed by atoms with E-state index in [4.69, 9.17) is 14.6 Å². The highest BCUT2D eigenvalue weighted by atomic mass is 32.2. The SMILES string of the molecule is CCOC(=O)Nc1cc(C(=O)Cc2ccc(S(N)(=O)=O)c(C)c2)ccc1-c1ccccc1OC1CC1. The number of primary sulfonamides is 1. The minimum Gasteiger partial charge on any atom is -0.490 e. The third kappa shape index (κ3) is 6.10. The first-order valence-electron chi connectivity index (χ1n) is 11.6. The molecule has 3 aromatic carbocycles. The van der Waals surface area contributed by atoms with E-state index in [0.717, 1.165) is 18.4 Å². The number of anilines is 1. The standard InChI is InChI=1S/C27H28N2O6S/c1-3-34-27(31)29-23-16-19(24(30)15-18-8-13-26(17(2)14-18)36(28,32)33)9-12-21(23)22-6-4-5-7-25(22)35-20-10-11-20/h4-9,12-14,16,20H,3,10-11,15H2,1-2H3,(H,29,31)(H2,28,32,33). The van der Waals surface area contributed by atoms with E-state index < -0.39 is 16.1 Å². The van der Waals surface area contributed by atoms with Crippen LogP contribution in [0.15, 0.2) is 65.6 Å². The van der Waals surface area contributed by atoms with Crippen LogP contribution in [0.4, 0.5) is 10.5 Å². The van der Waals surface area contributed by atoms with Gasteiger partial charge in [0.2, 0.25) is 10.0 Å². The predicted octanol–water partition coefficient (Wildman–Crippen LogP) is 4.84. The molecular weight excluding hydrogens is 480 g/mol. The molecule has 3 N–H and O–H groups in total. The van der Waals surface area contributed by atoms with Crippen LogP contribution in [0, 0.1) is 6.92 Å². The molecule has 1 saturated carbocycles. The fraction of sp³-hybridized carbons (Fsp3) is 0.259. The van der Waals surface area contributed by atoms with Gasteiger partial charge in [-0.2, -0.15) is 0 Å². The monoisotopic (exact) mass is 508 g/mol. The van der Waals surface area contributed by atoms with Gasteiger partial charge in [-0.1, -0.05) is 42.5 Å². The summed E-state index contributed by atoms with van der Waals surface area (Å²) in [5, 5.41) is 7.98. The molecule has 188 valence electrons. The number of amides is 1. The van der Waals surface area contributed by atoms with Crippen molar-refractivity contribution in [1.29, 1.82) is 0 Å². The lowest BCUT2D eigenvalue weighted by Crippen LogP contribution is -2.15. The minimum absolute atomic E-state index is 0.0241. The lowest BCUT2D eigenvalue weighted by atomic mass is 9.96. The molecule has 4 rings (SSSR count). The first kappa shape index (κ1) is 25.4. The summed E-state index contributed by atoms with van der Waals surface area (Å²) in [7, 11) is -3.84. The number of carbonyl (C=O) groups is 2. The Morgan fingerprint density at radius 2 is 1.78 bits per heavy atom. The van der Waals surface area contributed by atoms with Crippen LogP contribution in [-0.2, 0) is 21.2 Å². The molecule has 8 nitrogen and oxygen atoms in total. The van der Waals surface area contributed by atoms with Crippen molar-refractivity contribution >= 4 is 27.6 Å². The van der Waals surface area contributed by atoms with E-state index in [2.05, 4.69) is 5.32 Å². The number of aryl methyl sites for hydroxylation is 1. The number of sulfonamides is 1. The maximum absolute atomic E-state index is 13.1. The highest BCUT2D eigenvalue weighted by molar-refractivity contribution is 7.89. The van der Waals surface area contributed by atoms with Crippen LogP contribution >= 0.6 is 0 Å². The molecule has 3 aromatic rings. The number of benzene rings is 3. The Morgan fingerprint density at radius 3 is 2.44 bits per heavy atom. The van der Waals surface area contributed by atoms with E-state index >= 15 is 0 Å². The van der Waals surface area contributed by atoms with Crippen LogP contribution in [0.2, 0.25) is 0 Å². The number of rotatable bonds is 9. The molecule has 9 heteroatoms. The maximum atomic E-state index is 13.1. The molecule has 1 amide bonds.